The number of nitrogens with one attached hydrogen (secondary N) is 1. The van der Waals surface area contributed by atoms with Crippen LogP contribution in [-0.4, -0.2) is 86.9 Å². The maximum absolute atomic E-state index is 12.7. The van der Waals surface area contributed by atoms with E-state index in [-0.39, 0.29) is 40.7 Å². The van der Waals surface area contributed by atoms with Gasteiger partial charge in [-0.1, -0.05) is 24.3 Å². The molecule has 2 aromatic carbocycles. The molecule has 0 bridgehead atoms. The Morgan fingerprint density at radius 1 is 0.764 bits per heavy atom. The summed E-state index contributed by atoms with van der Waals surface area (Å²) in [4.78, 5) is 62.4. The minimum absolute atomic E-state index is 0.0657. The van der Waals surface area contributed by atoms with Gasteiger partial charge in [-0.05, 0) is 91.5 Å². The fourth-order valence-corrected chi connectivity index (χ4v) is 6.58. The van der Waals surface area contributed by atoms with E-state index in [4.69, 9.17) is 15.2 Å². The van der Waals surface area contributed by atoms with Gasteiger partial charge in [0.05, 0.1) is 16.6 Å². The third-order valence-corrected chi connectivity index (χ3v) is 9.18. The minimum atomic E-state index is -0.491. The number of hydrogen-bond donors (Lipinski definition) is 2. The number of amides is 2. The molecule has 3 N–H and O–H groups in total. The van der Waals surface area contributed by atoms with Gasteiger partial charge in [-0.15, -0.1) is 0 Å². The Hall–Kier alpha value is -5.01. The number of piperidine rings is 2. The van der Waals surface area contributed by atoms with Crippen LogP contribution in [0.15, 0.2) is 70.5 Å². The Balaban J connectivity index is 0.000000202. The molecule has 0 radical (unpaired) electrons. The first-order chi connectivity index (χ1) is 25.9. The van der Waals surface area contributed by atoms with Gasteiger partial charge < -0.3 is 39.5 Å². The van der Waals surface area contributed by atoms with Crippen molar-refractivity contribution in [3.05, 3.63) is 92.5 Å². The smallest absolute Gasteiger partial charge is 0.410 e. The van der Waals surface area contributed by atoms with Crippen molar-refractivity contribution in [1.29, 1.82) is 0 Å². The summed E-state index contributed by atoms with van der Waals surface area (Å²) in [6, 6.07) is 15.1. The van der Waals surface area contributed by atoms with Crippen molar-refractivity contribution < 1.29 is 23.9 Å². The largest absolute Gasteiger partial charge is 0.444 e. The number of aldehydes is 1. The highest BCUT2D eigenvalue weighted by Gasteiger charge is 2.28. The number of carbonyl (C=O) groups excluding carboxylic acids is 3. The third-order valence-electron chi connectivity index (χ3n) is 9.18. The van der Waals surface area contributed by atoms with Crippen molar-refractivity contribution in [2.24, 2.45) is 19.8 Å². The van der Waals surface area contributed by atoms with Gasteiger partial charge >= 0.3 is 12.2 Å². The molecular formula is C42H58N6O7. The minimum Gasteiger partial charge on any atom is -0.444 e. The Kier molecular flexibility index (Phi) is 14.4. The Morgan fingerprint density at radius 2 is 1.25 bits per heavy atom. The first-order valence-electron chi connectivity index (χ1n) is 18.9. The molecular weight excluding hydrogens is 700 g/mol. The lowest BCUT2D eigenvalue weighted by Gasteiger charge is -2.34. The number of rotatable bonds is 4. The average Bonchev–Trinajstić information content (AvgIpc) is 3.13. The molecule has 4 aromatic rings. The summed E-state index contributed by atoms with van der Waals surface area (Å²) in [6.45, 7) is 14.4. The summed E-state index contributed by atoms with van der Waals surface area (Å²) >= 11 is 0. The molecule has 0 saturated carbocycles. The first kappa shape index (κ1) is 42.7. The second-order valence-electron chi connectivity index (χ2n) is 16.2. The Morgan fingerprint density at radius 3 is 1.78 bits per heavy atom. The van der Waals surface area contributed by atoms with Crippen LogP contribution in [0.5, 0.6) is 0 Å². The number of aryl methyl sites for hydroxylation is 2. The summed E-state index contributed by atoms with van der Waals surface area (Å²) in [7, 11) is 3.77. The molecule has 2 aromatic heterocycles. The predicted molar refractivity (Wildman–Crippen MR) is 216 cm³/mol. The highest BCUT2D eigenvalue weighted by molar-refractivity contribution is 5.86. The molecule has 2 aliphatic heterocycles. The van der Waals surface area contributed by atoms with Crippen LogP contribution in [-0.2, 0) is 30.1 Å². The van der Waals surface area contributed by atoms with Crippen LogP contribution in [0.1, 0.15) is 83.1 Å². The number of fused-ring (bicyclic) bond motifs is 2. The van der Waals surface area contributed by atoms with Crippen LogP contribution in [0.4, 0.5) is 9.59 Å². The van der Waals surface area contributed by atoms with E-state index in [1.807, 2.05) is 103 Å². The monoisotopic (exact) mass is 758 g/mol. The lowest BCUT2D eigenvalue weighted by molar-refractivity contribution is 0.0182. The predicted octanol–water partition coefficient (Wildman–Crippen LogP) is 5.72. The number of benzene rings is 2. The average molecular weight is 759 g/mol. The van der Waals surface area contributed by atoms with E-state index in [9.17, 15) is 24.0 Å². The fraction of sp³-hybridized carbons (Fsp3) is 0.500. The number of hydrogen-bond acceptors (Lipinski definition) is 9. The van der Waals surface area contributed by atoms with Gasteiger partial charge in [-0.2, -0.15) is 0 Å². The van der Waals surface area contributed by atoms with Gasteiger partial charge in [0, 0.05) is 87.6 Å². The summed E-state index contributed by atoms with van der Waals surface area (Å²) in [5.74, 6) is 0. The maximum Gasteiger partial charge on any atom is 0.410 e. The van der Waals surface area contributed by atoms with E-state index >= 15 is 0 Å². The number of nitrogens with zero attached hydrogens (tertiary/aromatic N) is 4. The highest BCUT2D eigenvalue weighted by atomic mass is 16.6. The molecule has 2 saturated heterocycles. The number of ether oxygens (including phenoxy) is 2. The van der Waals surface area contributed by atoms with Gasteiger partial charge in [0.15, 0.2) is 17.1 Å². The van der Waals surface area contributed by atoms with E-state index in [1.165, 1.54) is 0 Å². The van der Waals surface area contributed by atoms with E-state index in [0.29, 0.717) is 37.9 Å². The number of pyridine rings is 2. The SMILES string of the molecule is CC(C)(C)OC(=O)N1CCC[C@H](N)C1.Cn1cc(C=O)c(=O)c2ccccc21.Cn1cc(CN[C@H]2CCCN(C(=O)OC(C)(C)C)C2)c(=O)c2ccccc21. The van der Waals surface area contributed by atoms with Gasteiger partial charge in [-0.25, -0.2) is 9.59 Å². The van der Waals surface area contributed by atoms with E-state index < -0.39 is 11.2 Å². The van der Waals surface area contributed by atoms with Gasteiger partial charge in [0.25, 0.3) is 0 Å². The third kappa shape index (κ3) is 12.2. The maximum atomic E-state index is 12.7. The zero-order chi connectivity index (χ0) is 40.5. The molecule has 55 heavy (non-hydrogen) atoms. The molecule has 2 atom stereocenters. The fourth-order valence-electron chi connectivity index (χ4n) is 6.58. The summed E-state index contributed by atoms with van der Waals surface area (Å²) in [6.07, 6.45) is 7.40. The molecule has 13 heteroatoms. The lowest BCUT2D eigenvalue weighted by Crippen LogP contribution is -2.49. The molecule has 2 aliphatic rings. The van der Waals surface area contributed by atoms with E-state index in [1.54, 1.807) is 32.7 Å². The molecule has 0 aliphatic carbocycles. The quantitative estimate of drug-likeness (QED) is 0.248. The van der Waals surface area contributed by atoms with Crippen molar-refractivity contribution in [2.45, 2.75) is 97.1 Å². The molecule has 4 heterocycles. The second kappa shape index (κ2) is 18.5. The van der Waals surface area contributed by atoms with Gasteiger partial charge in [0.2, 0.25) is 0 Å². The van der Waals surface area contributed by atoms with Crippen LogP contribution in [0, 0.1) is 0 Å². The van der Waals surface area contributed by atoms with Crippen molar-refractivity contribution in [2.75, 3.05) is 26.2 Å². The first-order valence-corrected chi connectivity index (χ1v) is 18.9. The van der Waals surface area contributed by atoms with Crippen molar-refractivity contribution in [3.8, 4) is 0 Å². The summed E-state index contributed by atoms with van der Waals surface area (Å²) in [5.41, 5.74) is 7.44. The Labute approximate surface area is 323 Å². The normalized spacial score (nSPS) is 17.4. The van der Waals surface area contributed by atoms with Gasteiger partial charge in [0.1, 0.15) is 11.2 Å². The van der Waals surface area contributed by atoms with E-state index in [2.05, 4.69) is 5.32 Å². The topological polar surface area (TPSA) is 158 Å². The standard InChI is InChI=1S/C21H29N3O3.C11H9NO2.C10H20N2O2/c1-21(2,3)27-20(26)24-11-7-8-16(14-24)22-12-15-13-23(4)18-10-6-5-9-17(18)19(15)25;1-12-6-8(7-13)11(14)9-4-2-3-5-10(9)12;1-10(2,3)14-9(13)12-6-4-5-8(11)7-12/h5-6,9-10,13,16,22H,7-8,11-12,14H2,1-4H3;2-7H,1H3;8H,4-7,11H2,1-3H3/t16-;;8-/m0.0/s1. The number of likely N-dealkylation sites (tertiary alicyclic amines) is 2. The number of nitrogens with two attached hydrogens (primary N) is 1. The van der Waals surface area contributed by atoms with Crippen molar-refractivity contribution >= 4 is 40.3 Å². The number of carbonyl (C=O) groups is 3. The van der Waals surface area contributed by atoms with Gasteiger partial charge in [-0.3, -0.25) is 14.4 Å². The molecule has 0 unspecified atom stereocenters. The molecule has 298 valence electrons. The molecule has 2 fully saturated rings. The molecule has 6 rings (SSSR count). The zero-order valence-corrected chi connectivity index (χ0v) is 33.6. The second-order valence-corrected chi connectivity index (χ2v) is 16.2. The molecule has 2 amide bonds. The highest BCUT2D eigenvalue weighted by Crippen LogP contribution is 2.17. The van der Waals surface area contributed by atoms with E-state index in [0.717, 1.165) is 54.2 Å². The molecule has 13 nitrogen and oxygen atoms in total. The van der Waals surface area contributed by atoms with Crippen molar-refractivity contribution in [1.82, 2.24) is 24.3 Å². The lowest BCUT2D eigenvalue weighted by atomic mass is 10.1. The Bertz CT molecular complexity index is 2080. The van der Waals surface area contributed by atoms with Crippen molar-refractivity contribution in [3.63, 3.8) is 0 Å². The van der Waals surface area contributed by atoms with Crippen LogP contribution in [0.2, 0.25) is 0 Å². The molecule has 0 spiro atoms. The number of para-hydroxylation sites is 2. The van der Waals surface area contributed by atoms with Crippen LogP contribution in [0.3, 0.4) is 0 Å². The van der Waals surface area contributed by atoms with Crippen LogP contribution < -0.4 is 21.9 Å². The summed E-state index contributed by atoms with van der Waals surface area (Å²) < 4.78 is 14.5. The van der Waals surface area contributed by atoms with Crippen LogP contribution in [0.25, 0.3) is 21.8 Å². The van der Waals surface area contributed by atoms with Crippen LogP contribution >= 0.6 is 0 Å². The summed E-state index contributed by atoms with van der Waals surface area (Å²) in [5, 5.41) is 4.77. The zero-order valence-electron chi connectivity index (χ0n) is 33.6. The number of aromatic nitrogens is 2.